The molecule has 4 nitrogen and oxygen atoms in total. The minimum Gasteiger partial charge on any atom is -0.353 e. The summed E-state index contributed by atoms with van der Waals surface area (Å²) in [5.74, 6) is 0.0714. The molecule has 0 aliphatic rings. The van der Waals surface area contributed by atoms with Gasteiger partial charge in [0.1, 0.15) is 0 Å². The van der Waals surface area contributed by atoms with Crippen LogP contribution < -0.4 is 11.1 Å². The Morgan fingerprint density at radius 2 is 2.07 bits per heavy atom. The molecule has 0 radical (unpaired) electrons. The van der Waals surface area contributed by atoms with Crippen molar-refractivity contribution in [3.63, 3.8) is 0 Å². The van der Waals surface area contributed by atoms with Crippen LogP contribution in [0.5, 0.6) is 0 Å². The molecule has 0 aromatic rings. The van der Waals surface area contributed by atoms with E-state index in [0.717, 1.165) is 6.42 Å². The average molecular weight is 201 g/mol. The van der Waals surface area contributed by atoms with Gasteiger partial charge in [0.05, 0.1) is 6.54 Å². The summed E-state index contributed by atoms with van der Waals surface area (Å²) < 4.78 is 0. The first kappa shape index (κ1) is 13.4. The molecule has 0 rings (SSSR count). The van der Waals surface area contributed by atoms with E-state index in [-0.39, 0.29) is 18.0 Å². The van der Waals surface area contributed by atoms with Crippen molar-refractivity contribution in [1.29, 1.82) is 0 Å². The number of rotatable bonds is 6. The number of carbonyl (C=O) groups is 1. The molecule has 0 saturated carbocycles. The van der Waals surface area contributed by atoms with Gasteiger partial charge in [0.2, 0.25) is 5.91 Å². The third-order valence-electron chi connectivity index (χ3n) is 2.51. The van der Waals surface area contributed by atoms with Crippen LogP contribution in [0, 0.1) is 0 Å². The molecule has 0 saturated heterocycles. The van der Waals surface area contributed by atoms with Crippen LogP contribution in [-0.2, 0) is 4.79 Å². The molecule has 4 heteroatoms. The highest BCUT2D eigenvalue weighted by molar-refractivity contribution is 5.78. The summed E-state index contributed by atoms with van der Waals surface area (Å²) in [4.78, 5) is 13.4. The minimum atomic E-state index is 0.0714. The van der Waals surface area contributed by atoms with Gasteiger partial charge in [-0.1, -0.05) is 6.92 Å². The van der Waals surface area contributed by atoms with Gasteiger partial charge in [-0.15, -0.1) is 0 Å². The van der Waals surface area contributed by atoms with Gasteiger partial charge in [-0.2, -0.15) is 0 Å². The maximum Gasteiger partial charge on any atom is 0.234 e. The Kier molecular flexibility index (Phi) is 6.49. The Morgan fingerprint density at radius 3 is 2.50 bits per heavy atom. The standard InChI is InChI=1S/C10H23N3O/c1-5-8(2)12-10(14)7-13(4)9(3)6-11/h8-9H,5-7,11H2,1-4H3,(H,12,14). The molecule has 0 aliphatic carbocycles. The zero-order chi connectivity index (χ0) is 11.1. The predicted octanol–water partition coefficient (Wildman–Crippen LogP) is 0.180. The van der Waals surface area contributed by atoms with Gasteiger partial charge in [-0.25, -0.2) is 0 Å². The predicted molar refractivity (Wildman–Crippen MR) is 59.0 cm³/mol. The monoisotopic (exact) mass is 201 g/mol. The largest absolute Gasteiger partial charge is 0.353 e. The van der Waals surface area contributed by atoms with E-state index in [0.29, 0.717) is 13.1 Å². The Labute approximate surface area is 86.8 Å². The van der Waals surface area contributed by atoms with Crippen molar-refractivity contribution in [2.75, 3.05) is 20.1 Å². The van der Waals surface area contributed by atoms with Crippen molar-refractivity contribution in [2.24, 2.45) is 5.73 Å². The van der Waals surface area contributed by atoms with Crippen molar-refractivity contribution < 1.29 is 4.79 Å². The first-order valence-electron chi connectivity index (χ1n) is 5.20. The Morgan fingerprint density at radius 1 is 1.50 bits per heavy atom. The summed E-state index contributed by atoms with van der Waals surface area (Å²) in [7, 11) is 1.91. The van der Waals surface area contributed by atoms with E-state index >= 15 is 0 Å². The van der Waals surface area contributed by atoms with Crippen molar-refractivity contribution in [2.45, 2.75) is 39.3 Å². The molecular formula is C10H23N3O. The number of nitrogens with one attached hydrogen (secondary N) is 1. The van der Waals surface area contributed by atoms with Crippen LogP contribution in [0.25, 0.3) is 0 Å². The fourth-order valence-electron chi connectivity index (χ4n) is 0.985. The van der Waals surface area contributed by atoms with E-state index in [1.807, 2.05) is 25.8 Å². The van der Waals surface area contributed by atoms with Crippen LogP contribution in [0.2, 0.25) is 0 Å². The van der Waals surface area contributed by atoms with E-state index < -0.39 is 0 Å². The Hall–Kier alpha value is -0.610. The van der Waals surface area contributed by atoms with Crippen LogP contribution in [-0.4, -0.2) is 43.0 Å². The summed E-state index contributed by atoms with van der Waals surface area (Å²) in [5, 5.41) is 2.92. The van der Waals surface area contributed by atoms with Crippen molar-refractivity contribution in [3.05, 3.63) is 0 Å². The Balaban J connectivity index is 3.82. The van der Waals surface area contributed by atoms with Crippen LogP contribution in [0.1, 0.15) is 27.2 Å². The fraction of sp³-hybridized carbons (Fsp3) is 0.900. The van der Waals surface area contributed by atoms with Crippen molar-refractivity contribution in [1.82, 2.24) is 10.2 Å². The van der Waals surface area contributed by atoms with Crippen LogP contribution >= 0.6 is 0 Å². The lowest BCUT2D eigenvalue weighted by molar-refractivity contribution is -0.122. The number of hydrogen-bond donors (Lipinski definition) is 2. The molecule has 0 aromatic heterocycles. The first-order chi connectivity index (χ1) is 6.51. The maximum absolute atomic E-state index is 11.4. The Bertz CT molecular complexity index is 173. The topological polar surface area (TPSA) is 58.4 Å². The van der Waals surface area contributed by atoms with Gasteiger partial charge in [-0.05, 0) is 27.3 Å². The third kappa shape index (κ3) is 5.19. The van der Waals surface area contributed by atoms with Gasteiger partial charge in [0.25, 0.3) is 0 Å². The SMILES string of the molecule is CCC(C)NC(=O)CN(C)C(C)CN. The quantitative estimate of drug-likeness (QED) is 0.644. The lowest BCUT2D eigenvalue weighted by atomic mass is 10.2. The smallest absolute Gasteiger partial charge is 0.234 e. The summed E-state index contributed by atoms with van der Waals surface area (Å²) in [5.41, 5.74) is 5.50. The summed E-state index contributed by atoms with van der Waals surface area (Å²) in [6, 6.07) is 0.502. The van der Waals surface area contributed by atoms with Crippen LogP contribution in [0.15, 0.2) is 0 Å². The summed E-state index contributed by atoms with van der Waals surface area (Å²) in [6.07, 6.45) is 0.960. The molecule has 0 fully saturated rings. The number of nitrogens with zero attached hydrogens (tertiary/aromatic N) is 1. The molecule has 0 spiro atoms. The number of likely N-dealkylation sites (N-methyl/N-ethyl adjacent to an activating group) is 1. The number of carbonyl (C=O) groups excluding carboxylic acids is 1. The van der Waals surface area contributed by atoms with E-state index in [4.69, 9.17) is 5.73 Å². The molecule has 2 unspecified atom stereocenters. The van der Waals surface area contributed by atoms with E-state index in [9.17, 15) is 4.79 Å². The molecule has 1 amide bonds. The molecule has 14 heavy (non-hydrogen) atoms. The van der Waals surface area contributed by atoms with Gasteiger partial charge in [-0.3, -0.25) is 9.69 Å². The molecule has 0 aliphatic heterocycles. The van der Waals surface area contributed by atoms with Crippen molar-refractivity contribution >= 4 is 5.91 Å². The minimum absolute atomic E-state index is 0.0714. The van der Waals surface area contributed by atoms with E-state index in [1.54, 1.807) is 0 Å². The van der Waals surface area contributed by atoms with Crippen LogP contribution in [0.4, 0.5) is 0 Å². The molecule has 0 heterocycles. The van der Waals surface area contributed by atoms with Crippen molar-refractivity contribution in [3.8, 4) is 0 Å². The van der Waals surface area contributed by atoms with Crippen LogP contribution in [0.3, 0.4) is 0 Å². The third-order valence-corrected chi connectivity index (χ3v) is 2.51. The van der Waals surface area contributed by atoms with E-state index in [1.165, 1.54) is 0 Å². The van der Waals surface area contributed by atoms with E-state index in [2.05, 4.69) is 12.2 Å². The first-order valence-corrected chi connectivity index (χ1v) is 5.20. The second kappa shape index (κ2) is 6.79. The lowest BCUT2D eigenvalue weighted by Gasteiger charge is -2.23. The fourth-order valence-corrected chi connectivity index (χ4v) is 0.985. The highest BCUT2D eigenvalue weighted by Gasteiger charge is 2.12. The normalized spacial score (nSPS) is 15.3. The number of amides is 1. The zero-order valence-electron chi connectivity index (χ0n) is 9.71. The second-order valence-electron chi connectivity index (χ2n) is 3.88. The number of hydrogen-bond acceptors (Lipinski definition) is 3. The maximum atomic E-state index is 11.4. The molecule has 2 atom stereocenters. The highest BCUT2D eigenvalue weighted by atomic mass is 16.2. The van der Waals surface area contributed by atoms with Gasteiger partial charge in [0, 0.05) is 18.6 Å². The van der Waals surface area contributed by atoms with Gasteiger partial charge >= 0.3 is 0 Å². The van der Waals surface area contributed by atoms with Gasteiger partial charge < -0.3 is 11.1 Å². The average Bonchev–Trinajstić information content (AvgIpc) is 2.15. The van der Waals surface area contributed by atoms with Gasteiger partial charge in [0.15, 0.2) is 0 Å². The second-order valence-corrected chi connectivity index (χ2v) is 3.88. The molecule has 0 aromatic carbocycles. The number of nitrogens with two attached hydrogens (primary N) is 1. The molecular weight excluding hydrogens is 178 g/mol. The summed E-state index contributed by atoms with van der Waals surface area (Å²) >= 11 is 0. The molecule has 3 N–H and O–H groups in total. The zero-order valence-corrected chi connectivity index (χ0v) is 9.71. The lowest BCUT2D eigenvalue weighted by Crippen LogP contribution is -2.44. The molecule has 84 valence electrons. The highest BCUT2D eigenvalue weighted by Crippen LogP contribution is 1.93. The summed E-state index contributed by atoms with van der Waals surface area (Å²) in [6.45, 7) is 7.06. The molecule has 0 bridgehead atoms.